The van der Waals surface area contributed by atoms with Crippen LogP contribution in [0.3, 0.4) is 0 Å². The van der Waals surface area contributed by atoms with Crippen molar-refractivity contribution in [3.05, 3.63) is 66.1 Å². The first-order valence-corrected chi connectivity index (χ1v) is 14.5. The maximum atomic E-state index is 14.4. The van der Waals surface area contributed by atoms with Gasteiger partial charge in [-0.05, 0) is 50.2 Å². The lowest BCUT2D eigenvalue weighted by Gasteiger charge is -2.33. The van der Waals surface area contributed by atoms with Gasteiger partial charge in [0, 0.05) is 25.8 Å². The molecule has 0 aliphatic carbocycles. The van der Waals surface area contributed by atoms with Crippen LogP contribution < -0.4 is 20.9 Å². The first-order valence-electron chi connectivity index (χ1n) is 14.5. The van der Waals surface area contributed by atoms with E-state index in [0.29, 0.717) is 65.9 Å². The number of aliphatic hydroxyl groups is 1. The highest BCUT2D eigenvalue weighted by Crippen LogP contribution is 2.28. The van der Waals surface area contributed by atoms with E-state index in [1.807, 2.05) is 17.0 Å². The summed E-state index contributed by atoms with van der Waals surface area (Å²) in [5.41, 5.74) is 1.68. The third kappa shape index (κ3) is 7.48. The van der Waals surface area contributed by atoms with Crippen molar-refractivity contribution in [3.8, 4) is 17.5 Å². The van der Waals surface area contributed by atoms with Crippen molar-refractivity contribution in [3.63, 3.8) is 0 Å². The van der Waals surface area contributed by atoms with Crippen LogP contribution in [-0.2, 0) is 9.47 Å². The molecule has 4 N–H and O–H groups in total. The number of hydrogen-bond acceptors (Lipinski definition) is 11. The van der Waals surface area contributed by atoms with Gasteiger partial charge in [-0.15, -0.1) is 0 Å². The van der Waals surface area contributed by atoms with Crippen LogP contribution in [0.4, 0.5) is 26.4 Å². The van der Waals surface area contributed by atoms with E-state index in [0.717, 1.165) is 0 Å². The highest BCUT2D eigenvalue weighted by atomic mass is 19.1. The number of aromatic nitrogens is 4. The van der Waals surface area contributed by atoms with Crippen LogP contribution in [0, 0.1) is 11.3 Å². The van der Waals surface area contributed by atoms with Crippen molar-refractivity contribution in [1.82, 2.24) is 30.2 Å². The summed E-state index contributed by atoms with van der Waals surface area (Å²) in [4.78, 5) is 35.8. The van der Waals surface area contributed by atoms with Crippen molar-refractivity contribution >= 4 is 34.7 Å². The number of alkyl halides is 1. The van der Waals surface area contributed by atoms with Crippen molar-refractivity contribution in [2.75, 3.05) is 50.1 Å². The minimum Gasteiger partial charge on any atom is -0.453 e. The van der Waals surface area contributed by atoms with E-state index in [9.17, 15) is 24.3 Å². The maximum absolute atomic E-state index is 14.4. The van der Waals surface area contributed by atoms with Crippen LogP contribution in [0.5, 0.6) is 0 Å². The number of nitrogens with one attached hydrogen (secondary N) is 3. The molecule has 4 aromatic rings. The van der Waals surface area contributed by atoms with Crippen LogP contribution in [-0.4, -0.2) is 94.5 Å². The van der Waals surface area contributed by atoms with E-state index in [2.05, 4.69) is 41.8 Å². The first-order chi connectivity index (χ1) is 22.0. The number of pyridine rings is 2. The Balaban J connectivity index is 1.39. The molecule has 1 fully saturated rings. The average Bonchev–Trinajstić information content (AvgIpc) is 3.49. The Morgan fingerprint density at radius 1 is 1.20 bits per heavy atom. The van der Waals surface area contributed by atoms with Gasteiger partial charge in [0.15, 0.2) is 0 Å². The molecule has 2 amide bonds. The van der Waals surface area contributed by atoms with Crippen LogP contribution in [0.1, 0.15) is 29.8 Å². The van der Waals surface area contributed by atoms with Gasteiger partial charge in [-0.3, -0.25) is 9.78 Å². The highest BCUT2D eigenvalue weighted by Gasteiger charge is 2.28. The van der Waals surface area contributed by atoms with Crippen molar-refractivity contribution in [2.45, 2.75) is 31.7 Å². The number of carbonyl (C=O) groups is 2. The maximum Gasteiger partial charge on any atom is 0.406 e. The minimum absolute atomic E-state index is 0.144. The molecule has 5 rings (SSSR count). The van der Waals surface area contributed by atoms with Crippen LogP contribution in [0.25, 0.3) is 16.9 Å². The Labute approximate surface area is 264 Å². The molecule has 15 heteroatoms. The lowest BCUT2D eigenvalue weighted by atomic mass is 10.0. The third-order valence-corrected chi connectivity index (χ3v) is 7.40. The van der Waals surface area contributed by atoms with Gasteiger partial charge in [0.05, 0.1) is 83.8 Å². The van der Waals surface area contributed by atoms with Crippen molar-refractivity contribution in [1.29, 1.82) is 5.26 Å². The molecule has 0 aromatic carbocycles. The van der Waals surface area contributed by atoms with Crippen LogP contribution >= 0.6 is 0 Å². The Morgan fingerprint density at radius 2 is 2.02 bits per heavy atom. The SMILES string of the molecule is COC(=O)NCC1CN(c2ccc(Nc3cc(-c4ccc5cc(C#N)cnn45)ncc3C(=O)NC[C@@H](F)C(C)(C)O)cn2)CCO1. The second-order valence-corrected chi connectivity index (χ2v) is 11.2. The van der Waals surface area contributed by atoms with E-state index in [-0.39, 0.29) is 11.7 Å². The standard InChI is InChI=1S/C31H34FN9O5/c1-31(2,44)27(32)17-36-29(42)23-16-34-25(26-6-5-21-10-19(12-33)13-38-41(21)26)11-24(23)39-20-4-7-28(35-14-20)40-8-9-46-22(18-40)15-37-30(43)45-3/h4-7,10-11,13-14,16,22,27,44H,8-9,15,17-18H2,1-3H3,(H,34,39)(H,36,42)(H,37,43)/t22?,27-/m1/s1. The van der Waals surface area contributed by atoms with Gasteiger partial charge in [-0.1, -0.05) is 0 Å². The fourth-order valence-electron chi connectivity index (χ4n) is 4.78. The predicted octanol–water partition coefficient (Wildman–Crippen LogP) is 2.81. The molecule has 1 saturated heterocycles. The molecule has 0 bridgehead atoms. The number of alkyl carbamates (subject to hydrolysis) is 1. The van der Waals surface area contributed by atoms with E-state index >= 15 is 0 Å². The predicted molar refractivity (Wildman–Crippen MR) is 167 cm³/mol. The van der Waals surface area contributed by atoms with E-state index < -0.39 is 30.3 Å². The normalized spacial score (nSPS) is 15.6. The molecule has 1 aliphatic rings. The van der Waals surface area contributed by atoms with Crippen LogP contribution in [0.15, 0.2) is 55.0 Å². The molecular weight excluding hydrogens is 597 g/mol. The summed E-state index contributed by atoms with van der Waals surface area (Å²) in [7, 11) is 1.30. The number of nitriles is 1. The van der Waals surface area contributed by atoms with Crippen LogP contribution in [0.2, 0.25) is 0 Å². The lowest BCUT2D eigenvalue weighted by Crippen LogP contribution is -2.47. The summed E-state index contributed by atoms with van der Waals surface area (Å²) in [6, 6.07) is 12.7. The zero-order valence-electron chi connectivity index (χ0n) is 25.5. The molecule has 0 spiro atoms. The summed E-state index contributed by atoms with van der Waals surface area (Å²) >= 11 is 0. The fourth-order valence-corrected chi connectivity index (χ4v) is 4.78. The summed E-state index contributed by atoms with van der Waals surface area (Å²) < 4.78 is 26.4. The van der Waals surface area contributed by atoms with E-state index in [4.69, 9.17) is 4.74 Å². The van der Waals surface area contributed by atoms with Gasteiger partial charge < -0.3 is 35.4 Å². The molecule has 5 heterocycles. The second-order valence-electron chi connectivity index (χ2n) is 11.2. The molecule has 0 radical (unpaired) electrons. The Morgan fingerprint density at radius 3 is 2.74 bits per heavy atom. The van der Waals surface area contributed by atoms with Gasteiger partial charge in [0.1, 0.15) is 18.1 Å². The highest BCUT2D eigenvalue weighted by molar-refractivity contribution is 6.00. The smallest absolute Gasteiger partial charge is 0.406 e. The first kappa shape index (κ1) is 32.1. The lowest BCUT2D eigenvalue weighted by molar-refractivity contribution is -0.00177. The third-order valence-electron chi connectivity index (χ3n) is 7.40. The van der Waals surface area contributed by atoms with Gasteiger partial charge in [-0.25, -0.2) is 18.7 Å². The Hall–Kier alpha value is -5.33. The molecule has 1 aliphatic heterocycles. The number of anilines is 3. The molecule has 240 valence electrons. The van der Waals surface area contributed by atoms with E-state index in [1.165, 1.54) is 33.4 Å². The monoisotopic (exact) mass is 631 g/mol. The summed E-state index contributed by atoms with van der Waals surface area (Å²) in [5, 5.41) is 31.9. The largest absolute Gasteiger partial charge is 0.453 e. The van der Waals surface area contributed by atoms with Gasteiger partial charge >= 0.3 is 6.09 Å². The quantitative estimate of drug-likeness (QED) is 0.202. The number of halogens is 1. The zero-order valence-corrected chi connectivity index (χ0v) is 25.5. The summed E-state index contributed by atoms with van der Waals surface area (Å²) in [5.74, 6) is 0.114. The number of nitrogens with zero attached hydrogens (tertiary/aromatic N) is 6. The Kier molecular flexibility index (Phi) is 9.59. The minimum atomic E-state index is -1.69. The molecule has 4 aromatic heterocycles. The molecule has 1 unspecified atom stereocenters. The van der Waals surface area contributed by atoms with Gasteiger partial charge in [-0.2, -0.15) is 10.4 Å². The number of amides is 2. The number of ether oxygens (including phenoxy) is 2. The number of morpholine rings is 1. The Bertz CT molecular complexity index is 1750. The zero-order chi connectivity index (χ0) is 32.8. The topological polar surface area (TPSA) is 179 Å². The number of rotatable bonds is 10. The van der Waals surface area contributed by atoms with E-state index in [1.54, 1.807) is 35.0 Å². The summed E-state index contributed by atoms with van der Waals surface area (Å²) in [6.07, 6.45) is 1.99. The molecule has 46 heavy (non-hydrogen) atoms. The number of carbonyl (C=O) groups excluding carboxylic acids is 2. The van der Waals surface area contributed by atoms with Crippen molar-refractivity contribution in [2.24, 2.45) is 0 Å². The molecular formula is C31H34FN9O5. The fraction of sp³-hybridized carbons (Fsp3) is 0.355. The molecule has 14 nitrogen and oxygen atoms in total. The van der Waals surface area contributed by atoms with Crippen molar-refractivity contribution < 1.29 is 28.6 Å². The second kappa shape index (κ2) is 13.8. The molecule has 0 saturated carbocycles. The van der Waals surface area contributed by atoms with Gasteiger partial charge in [0.25, 0.3) is 5.91 Å². The number of hydrogen-bond donors (Lipinski definition) is 4. The van der Waals surface area contributed by atoms with Gasteiger partial charge in [0.2, 0.25) is 0 Å². The average molecular weight is 632 g/mol. The molecule has 2 atom stereocenters. The number of methoxy groups -OCH3 is 1. The summed E-state index contributed by atoms with van der Waals surface area (Å²) in [6.45, 7) is 4.14. The number of fused-ring (bicyclic) bond motifs is 1.